The first-order valence-electron chi connectivity index (χ1n) is 8.99. The lowest BCUT2D eigenvalue weighted by atomic mass is 10.1. The van der Waals surface area contributed by atoms with Gasteiger partial charge >= 0.3 is 0 Å². The minimum Gasteiger partial charge on any atom is -0.497 e. The SMILES string of the molecule is CCCCN(C(=O)c1cccc(OC)c1)c1nnc(-c2ccccc2C)s1. The molecule has 2 aromatic carbocycles. The number of aryl methyl sites for hydroxylation is 1. The number of nitrogens with zero attached hydrogens (tertiary/aromatic N) is 3. The van der Waals surface area contributed by atoms with Gasteiger partial charge in [-0.25, -0.2) is 0 Å². The number of ether oxygens (including phenoxy) is 1. The summed E-state index contributed by atoms with van der Waals surface area (Å²) in [5, 5.41) is 10.1. The minimum atomic E-state index is -0.0881. The molecule has 0 N–H and O–H groups in total. The number of unbranched alkanes of at least 4 members (excludes halogenated alkanes) is 1. The first kappa shape index (κ1) is 19.0. The third kappa shape index (κ3) is 4.34. The molecule has 1 heterocycles. The van der Waals surface area contributed by atoms with Gasteiger partial charge in [-0.05, 0) is 37.1 Å². The van der Waals surface area contributed by atoms with Crippen LogP contribution in [-0.4, -0.2) is 29.8 Å². The zero-order valence-electron chi connectivity index (χ0n) is 15.8. The molecule has 0 fully saturated rings. The van der Waals surface area contributed by atoms with E-state index in [1.807, 2.05) is 43.3 Å². The quantitative estimate of drug-likeness (QED) is 0.580. The Morgan fingerprint density at radius 1 is 1.15 bits per heavy atom. The Hall–Kier alpha value is -2.73. The number of carbonyl (C=O) groups excluding carboxylic acids is 1. The fourth-order valence-electron chi connectivity index (χ4n) is 2.76. The summed E-state index contributed by atoms with van der Waals surface area (Å²) in [5.74, 6) is 0.573. The van der Waals surface area contributed by atoms with Gasteiger partial charge in [0.25, 0.3) is 5.91 Å². The van der Waals surface area contributed by atoms with Crippen LogP contribution in [0.4, 0.5) is 5.13 Å². The predicted molar refractivity (Wildman–Crippen MR) is 110 cm³/mol. The average molecular weight is 382 g/mol. The molecule has 0 aliphatic heterocycles. The molecule has 140 valence electrons. The monoisotopic (exact) mass is 381 g/mol. The van der Waals surface area contributed by atoms with Crippen molar-refractivity contribution in [1.29, 1.82) is 0 Å². The maximum atomic E-state index is 13.1. The van der Waals surface area contributed by atoms with Gasteiger partial charge < -0.3 is 4.74 Å². The van der Waals surface area contributed by atoms with Crippen molar-refractivity contribution in [1.82, 2.24) is 10.2 Å². The number of hydrogen-bond acceptors (Lipinski definition) is 5. The van der Waals surface area contributed by atoms with Crippen molar-refractivity contribution >= 4 is 22.4 Å². The first-order valence-corrected chi connectivity index (χ1v) is 9.81. The summed E-state index contributed by atoms with van der Waals surface area (Å²) in [5.41, 5.74) is 2.77. The summed E-state index contributed by atoms with van der Waals surface area (Å²) in [6.07, 6.45) is 1.89. The first-order chi connectivity index (χ1) is 13.1. The van der Waals surface area contributed by atoms with Gasteiger partial charge in [0, 0.05) is 17.7 Å². The van der Waals surface area contributed by atoms with Gasteiger partial charge in [0.15, 0.2) is 0 Å². The zero-order chi connectivity index (χ0) is 19.2. The second kappa shape index (κ2) is 8.77. The molecule has 1 amide bonds. The van der Waals surface area contributed by atoms with E-state index in [0.717, 1.165) is 29.0 Å². The molecule has 27 heavy (non-hydrogen) atoms. The molecule has 5 nitrogen and oxygen atoms in total. The lowest BCUT2D eigenvalue weighted by molar-refractivity contribution is 0.0986. The molecule has 0 saturated carbocycles. The van der Waals surface area contributed by atoms with Crippen molar-refractivity contribution < 1.29 is 9.53 Å². The number of carbonyl (C=O) groups is 1. The van der Waals surface area contributed by atoms with Crippen LogP contribution in [0.2, 0.25) is 0 Å². The summed E-state index contributed by atoms with van der Waals surface area (Å²) in [7, 11) is 1.59. The Morgan fingerprint density at radius 2 is 1.96 bits per heavy atom. The van der Waals surface area contributed by atoms with Crippen LogP contribution in [0, 0.1) is 6.92 Å². The van der Waals surface area contributed by atoms with Crippen LogP contribution in [0.3, 0.4) is 0 Å². The van der Waals surface area contributed by atoms with Crippen LogP contribution in [-0.2, 0) is 0 Å². The van der Waals surface area contributed by atoms with Gasteiger partial charge in [0.2, 0.25) is 5.13 Å². The summed E-state index contributed by atoms with van der Waals surface area (Å²) in [6, 6.07) is 15.3. The average Bonchev–Trinajstić information content (AvgIpc) is 3.18. The van der Waals surface area contributed by atoms with Crippen LogP contribution in [0.1, 0.15) is 35.7 Å². The van der Waals surface area contributed by atoms with Crippen LogP contribution >= 0.6 is 11.3 Å². The van der Waals surface area contributed by atoms with E-state index in [1.54, 1.807) is 24.1 Å². The lowest BCUT2D eigenvalue weighted by Crippen LogP contribution is -2.31. The number of anilines is 1. The molecular weight excluding hydrogens is 358 g/mol. The van der Waals surface area contributed by atoms with Crippen molar-refractivity contribution in [3.63, 3.8) is 0 Å². The summed E-state index contributed by atoms with van der Waals surface area (Å²) in [6.45, 7) is 4.76. The van der Waals surface area contributed by atoms with Gasteiger partial charge in [-0.1, -0.05) is 55.0 Å². The normalized spacial score (nSPS) is 10.6. The minimum absolute atomic E-state index is 0.0881. The van der Waals surface area contributed by atoms with Crippen molar-refractivity contribution in [3.8, 4) is 16.3 Å². The third-order valence-corrected chi connectivity index (χ3v) is 5.30. The predicted octanol–water partition coefficient (Wildman–Crippen LogP) is 4.97. The van der Waals surface area contributed by atoms with Gasteiger partial charge in [-0.2, -0.15) is 0 Å². The van der Waals surface area contributed by atoms with E-state index in [1.165, 1.54) is 11.3 Å². The van der Waals surface area contributed by atoms with Crippen LogP contribution in [0.25, 0.3) is 10.6 Å². The number of benzene rings is 2. The molecule has 3 rings (SSSR count). The van der Waals surface area contributed by atoms with Crippen LogP contribution < -0.4 is 9.64 Å². The smallest absolute Gasteiger partial charge is 0.260 e. The fraction of sp³-hybridized carbons (Fsp3) is 0.286. The number of hydrogen-bond donors (Lipinski definition) is 0. The summed E-state index contributed by atoms with van der Waals surface area (Å²) in [4.78, 5) is 14.9. The number of amides is 1. The van der Waals surface area contributed by atoms with Crippen LogP contribution in [0.15, 0.2) is 48.5 Å². The highest BCUT2D eigenvalue weighted by Crippen LogP contribution is 2.31. The van der Waals surface area contributed by atoms with Crippen molar-refractivity contribution in [2.45, 2.75) is 26.7 Å². The molecule has 0 unspecified atom stereocenters. The van der Waals surface area contributed by atoms with E-state index in [4.69, 9.17) is 4.74 Å². The Kier molecular flexibility index (Phi) is 6.19. The van der Waals surface area contributed by atoms with Gasteiger partial charge in [-0.3, -0.25) is 9.69 Å². The highest BCUT2D eigenvalue weighted by Gasteiger charge is 2.22. The molecule has 0 radical (unpaired) electrons. The molecule has 6 heteroatoms. The Labute approximate surface area is 163 Å². The third-order valence-electron chi connectivity index (χ3n) is 4.32. The molecule has 0 aliphatic rings. The topological polar surface area (TPSA) is 55.3 Å². The fourth-order valence-corrected chi connectivity index (χ4v) is 3.72. The van der Waals surface area contributed by atoms with E-state index in [2.05, 4.69) is 17.1 Å². The zero-order valence-corrected chi connectivity index (χ0v) is 16.6. The van der Waals surface area contributed by atoms with E-state index in [-0.39, 0.29) is 5.91 Å². The van der Waals surface area contributed by atoms with E-state index >= 15 is 0 Å². The summed E-state index contributed by atoms with van der Waals surface area (Å²) < 4.78 is 5.25. The summed E-state index contributed by atoms with van der Waals surface area (Å²) >= 11 is 1.44. The van der Waals surface area contributed by atoms with E-state index in [0.29, 0.717) is 23.0 Å². The number of methoxy groups -OCH3 is 1. The number of rotatable bonds is 7. The van der Waals surface area contributed by atoms with Crippen molar-refractivity contribution in [3.05, 3.63) is 59.7 Å². The molecule has 0 atom stereocenters. The molecule has 0 aliphatic carbocycles. The second-order valence-electron chi connectivity index (χ2n) is 6.25. The molecule has 0 bridgehead atoms. The molecule has 0 spiro atoms. The van der Waals surface area contributed by atoms with Crippen molar-refractivity contribution in [2.24, 2.45) is 0 Å². The Bertz CT molecular complexity index is 923. The largest absolute Gasteiger partial charge is 0.497 e. The highest BCUT2D eigenvalue weighted by atomic mass is 32.1. The maximum absolute atomic E-state index is 13.1. The van der Waals surface area contributed by atoms with E-state index < -0.39 is 0 Å². The molecule has 3 aromatic rings. The van der Waals surface area contributed by atoms with Gasteiger partial charge in [0.05, 0.1) is 7.11 Å². The van der Waals surface area contributed by atoms with E-state index in [9.17, 15) is 4.79 Å². The maximum Gasteiger partial charge on any atom is 0.260 e. The highest BCUT2D eigenvalue weighted by molar-refractivity contribution is 7.18. The molecule has 0 saturated heterocycles. The van der Waals surface area contributed by atoms with Gasteiger partial charge in [0.1, 0.15) is 10.8 Å². The molecular formula is C21H23N3O2S. The van der Waals surface area contributed by atoms with Gasteiger partial charge in [-0.15, -0.1) is 10.2 Å². The van der Waals surface area contributed by atoms with Crippen molar-refractivity contribution in [2.75, 3.05) is 18.6 Å². The molecule has 1 aromatic heterocycles. The Balaban J connectivity index is 1.93. The standard InChI is InChI=1S/C21H23N3O2S/c1-4-5-13-24(20(25)16-10-8-11-17(14-16)26-3)21-23-22-19(27-21)18-12-7-6-9-15(18)2/h6-12,14H,4-5,13H2,1-3H3. The number of aromatic nitrogens is 2. The lowest BCUT2D eigenvalue weighted by Gasteiger charge is -2.19. The van der Waals surface area contributed by atoms with Crippen LogP contribution in [0.5, 0.6) is 5.75 Å². The Morgan fingerprint density at radius 3 is 2.70 bits per heavy atom. The second-order valence-corrected chi connectivity index (χ2v) is 7.20.